The van der Waals surface area contributed by atoms with Crippen LogP contribution in [0.3, 0.4) is 0 Å². The van der Waals surface area contributed by atoms with Gasteiger partial charge in [0, 0.05) is 18.5 Å². The molecule has 1 aromatic rings. The number of nitrogens with one attached hydrogen (secondary N) is 1. The Morgan fingerprint density at radius 1 is 1.33 bits per heavy atom. The lowest BCUT2D eigenvalue weighted by molar-refractivity contribution is 0.177. The van der Waals surface area contributed by atoms with Crippen LogP contribution in [0.4, 0.5) is 0 Å². The van der Waals surface area contributed by atoms with Crippen LogP contribution >= 0.6 is 11.3 Å². The van der Waals surface area contributed by atoms with Gasteiger partial charge in [-0.05, 0) is 39.0 Å². The summed E-state index contributed by atoms with van der Waals surface area (Å²) in [6, 6.07) is 0. The topological polar surface area (TPSA) is 34.1 Å². The maximum atomic E-state index is 5.24. The van der Waals surface area contributed by atoms with Crippen molar-refractivity contribution in [3.63, 3.8) is 0 Å². The lowest BCUT2D eigenvalue weighted by Crippen LogP contribution is -2.43. The van der Waals surface area contributed by atoms with Gasteiger partial charge in [0.15, 0.2) is 0 Å². The van der Waals surface area contributed by atoms with Gasteiger partial charge in [-0.25, -0.2) is 4.98 Å². The lowest BCUT2D eigenvalue weighted by Gasteiger charge is -2.32. The van der Waals surface area contributed by atoms with Crippen molar-refractivity contribution in [2.75, 3.05) is 20.3 Å². The molecule has 1 heterocycles. The minimum atomic E-state index is 0.0755. The smallest absolute Gasteiger partial charge is 0.113 e. The Kier molecular flexibility index (Phi) is 6.20. The highest BCUT2D eigenvalue weighted by Crippen LogP contribution is 2.40. The van der Waals surface area contributed by atoms with Crippen molar-refractivity contribution in [2.24, 2.45) is 5.92 Å². The van der Waals surface area contributed by atoms with Gasteiger partial charge in [-0.15, -0.1) is 11.3 Å². The molecule has 1 fully saturated rings. The zero-order chi connectivity index (χ0) is 15.3. The molecule has 2 rings (SSSR count). The molecule has 120 valence electrons. The molecule has 0 bridgehead atoms. The van der Waals surface area contributed by atoms with Crippen LogP contribution in [0, 0.1) is 19.8 Å². The fraction of sp³-hybridized carbons (Fsp3) is 0.824. The number of hydrogen-bond donors (Lipinski definition) is 1. The molecule has 0 aliphatic heterocycles. The van der Waals surface area contributed by atoms with E-state index in [0.29, 0.717) is 0 Å². The van der Waals surface area contributed by atoms with E-state index in [0.717, 1.165) is 19.1 Å². The van der Waals surface area contributed by atoms with Gasteiger partial charge in [-0.1, -0.05) is 26.2 Å². The number of nitrogens with zero attached hydrogens (tertiary/aromatic N) is 1. The first-order chi connectivity index (χ1) is 10.1. The highest BCUT2D eigenvalue weighted by molar-refractivity contribution is 7.11. The molecule has 1 saturated carbocycles. The second-order valence-electron chi connectivity index (χ2n) is 6.37. The molecule has 1 aliphatic rings. The van der Waals surface area contributed by atoms with Gasteiger partial charge in [0.2, 0.25) is 0 Å². The van der Waals surface area contributed by atoms with Crippen LogP contribution in [0.15, 0.2) is 0 Å². The summed E-state index contributed by atoms with van der Waals surface area (Å²) in [7, 11) is 1.77. The molecule has 0 amide bonds. The van der Waals surface area contributed by atoms with E-state index in [1.807, 2.05) is 11.3 Å². The summed E-state index contributed by atoms with van der Waals surface area (Å²) >= 11 is 1.88. The van der Waals surface area contributed by atoms with Crippen LogP contribution < -0.4 is 5.32 Å². The first-order valence-corrected chi connectivity index (χ1v) is 9.11. The zero-order valence-electron chi connectivity index (χ0n) is 14.0. The molecule has 1 N–H and O–H groups in total. The fourth-order valence-electron chi connectivity index (χ4n) is 3.36. The van der Waals surface area contributed by atoms with Gasteiger partial charge in [0.05, 0.1) is 17.8 Å². The van der Waals surface area contributed by atoms with Gasteiger partial charge in [0.25, 0.3) is 0 Å². The van der Waals surface area contributed by atoms with Crippen molar-refractivity contribution in [3.8, 4) is 0 Å². The summed E-state index contributed by atoms with van der Waals surface area (Å²) in [4.78, 5) is 6.25. The van der Waals surface area contributed by atoms with E-state index in [4.69, 9.17) is 9.72 Å². The minimum Gasteiger partial charge on any atom is -0.383 e. The van der Waals surface area contributed by atoms with Crippen LogP contribution in [-0.2, 0) is 10.3 Å². The Morgan fingerprint density at radius 2 is 2.14 bits per heavy atom. The second kappa shape index (κ2) is 7.70. The molecule has 2 unspecified atom stereocenters. The van der Waals surface area contributed by atoms with Crippen molar-refractivity contribution in [1.82, 2.24) is 10.3 Å². The SMILES string of the molecule is CCC1CCCC(NCCOC)(c2nc(C)c(C)s2)CC1. The maximum absolute atomic E-state index is 5.24. The van der Waals surface area contributed by atoms with Crippen molar-refractivity contribution in [1.29, 1.82) is 0 Å². The maximum Gasteiger partial charge on any atom is 0.113 e. The molecular weight excluding hydrogens is 280 g/mol. The number of aromatic nitrogens is 1. The van der Waals surface area contributed by atoms with Crippen LogP contribution in [0.1, 0.15) is 61.0 Å². The summed E-state index contributed by atoms with van der Waals surface area (Å²) in [5.74, 6) is 0.887. The first-order valence-electron chi connectivity index (χ1n) is 8.29. The summed E-state index contributed by atoms with van der Waals surface area (Å²) in [5, 5.41) is 5.10. The van der Waals surface area contributed by atoms with E-state index in [2.05, 4.69) is 26.1 Å². The molecule has 1 aromatic heterocycles. The van der Waals surface area contributed by atoms with E-state index in [-0.39, 0.29) is 5.54 Å². The standard InChI is InChI=1S/C17H30N2OS/c1-5-15-7-6-9-17(10-8-15,18-11-12-20-4)16-19-13(2)14(3)21-16/h15,18H,5-12H2,1-4H3. The summed E-state index contributed by atoms with van der Waals surface area (Å²) in [6.07, 6.45) is 7.71. The number of aryl methyl sites for hydroxylation is 2. The van der Waals surface area contributed by atoms with Crippen molar-refractivity contribution < 1.29 is 4.74 Å². The average Bonchev–Trinajstić information content (AvgIpc) is 2.71. The van der Waals surface area contributed by atoms with Crippen molar-refractivity contribution in [3.05, 3.63) is 15.6 Å². The predicted molar refractivity (Wildman–Crippen MR) is 90.0 cm³/mol. The van der Waals surface area contributed by atoms with Crippen molar-refractivity contribution >= 4 is 11.3 Å². The number of methoxy groups -OCH3 is 1. The number of hydrogen-bond acceptors (Lipinski definition) is 4. The number of thiazole rings is 1. The van der Waals surface area contributed by atoms with E-state index in [9.17, 15) is 0 Å². The summed E-state index contributed by atoms with van der Waals surface area (Å²) < 4.78 is 5.24. The third kappa shape index (κ3) is 4.05. The summed E-state index contributed by atoms with van der Waals surface area (Å²) in [5.41, 5.74) is 1.27. The third-order valence-electron chi connectivity index (χ3n) is 4.98. The van der Waals surface area contributed by atoms with Gasteiger partial charge >= 0.3 is 0 Å². The average molecular weight is 311 g/mol. The van der Waals surface area contributed by atoms with E-state index >= 15 is 0 Å². The van der Waals surface area contributed by atoms with Crippen LogP contribution in [0.2, 0.25) is 0 Å². The Morgan fingerprint density at radius 3 is 2.76 bits per heavy atom. The quantitative estimate of drug-likeness (QED) is 0.632. The van der Waals surface area contributed by atoms with Gasteiger partial charge in [-0.2, -0.15) is 0 Å². The Labute approximate surface area is 133 Å². The lowest BCUT2D eigenvalue weighted by atomic mass is 9.89. The molecule has 2 atom stereocenters. The van der Waals surface area contributed by atoms with Crippen LogP contribution in [0.5, 0.6) is 0 Å². The molecule has 21 heavy (non-hydrogen) atoms. The van der Waals surface area contributed by atoms with Gasteiger partial charge < -0.3 is 10.1 Å². The van der Waals surface area contributed by atoms with E-state index < -0.39 is 0 Å². The van der Waals surface area contributed by atoms with Crippen LogP contribution in [0.25, 0.3) is 0 Å². The van der Waals surface area contributed by atoms with Crippen LogP contribution in [-0.4, -0.2) is 25.2 Å². The molecule has 0 radical (unpaired) electrons. The number of ether oxygens (including phenoxy) is 1. The molecule has 4 heteroatoms. The monoisotopic (exact) mass is 310 g/mol. The molecule has 0 spiro atoms. The molecule has 0 saturated heterocycles. The Hall–Kier alpha value is -0.450. The normalized spacial score (nSPS) is 26.8. The largest absolute Gasteiger partial charge is 0.383 e. The molecule has 1 aliphatic carbocycles. The second-order valence-corrected chi connectivity index (χ2v) is 7.57. The van der Waals surface area contributed by atoms with Gasteiger partial charge in [-0.3, -0.25) is 0 Å². The highest BCUT2D eigenvalue weighted by atomic mass is 32.1. The zero-order valence-corrected chi connectivity index (χ0v) is 14.8. The highest BCUT2D eigenvalue weighted by Gasteiger charge is 2.36. The molecule has 0 aromatic carbocycles. The summed E-state index contributed by atoms with van der Waals surface area (Å²) in [6.45, 7) is 8.32. The van der Waals surface area contributed by atoms with E-state index in [1.54, 1.807) is 7.11 Å². The molecule has 3 nitrogen and oxygen atoms in total. The third-order valence-corrected chi connectivity index (χ3v) is 6.26. The fourth-order valence-corrected chi connectivity index (χ4v) is 4.49. The Balaban J connectivity index is 2.21. The minimum absolute atomic E-state index is 0.0755. The Bertz CT molecular complexity index is 426. The van der Waals surface area contributed by atoms with Crippen molar-refractivity contribution in [2.45, 2.75) is 64.8 Å². The predicted octanol–water partition coefficient (Wildman–Crippen LogP) is 4.18. The van der Waals surface area contributed by atoms with Gasteiger partial charge in [0.1, 0.15) is 5.01 Å². The number of rotatable bonds is 6. The molecular formula is C17H30N2OS. The van der Waals surface area contributed by atoms with E-state index in [1.165, 1.54) is 54.1 Å². The first kappa shape index (κ1) is 16.9.